The van der Waals surface area contributed by atoms with Crippen LogP contribution in [0.15, 0.2) is 47.4 Å². The monoisotopic (exact) mass is 440 g/mol. The molecule has 2 N–H and O–H groups in total. The van der Waals surface area contributed by atoms with Crippen LogP contribution in [0.25, 0.3) is 21.8 Å². The van der Waals surface area contributed by atoms with Gasteiger partial charge in [0.15, 0.2) is 0 Å². The number of halogens is 2. The highest BCUT2D eigenvalue weighted by atomic mass is 35.5. The molecule has 1 aliphatic rings. The molecule has 0 radical (unpaired) electrons. The molecule has 1 saturated heterocycles. The van der Waals surface area contributed by atoms with E-state index in [0.717, 1.165) is 55.3 Å². The number of nitrogens with one attached hydrogen (secondary N) is 2. The molecule has 0 saturated carbocycles. The molecule has 0 amide bonds. The van der Waals surface area contributed by atoms with E-state index in [1.54, 1.807) is 6.07 Å². The Bertz CT molecular complexity index is 1270. The van der Waals surface area contributed by atoms with Crippen LogP contribution in [0.1, 0.15) is 30.1 Å². The Morgan fingerprint density at radius 1 is 1.13 bits per heavy atom. The average molecular weight is 441 g/mol. The van der Waals surface area contributed by atoms with E-state index in [0.29, 0.717) is 15.9 Å². The van der Waals surface area contributed by atoms with Crippen LogP contribution in [0, 0.1) is 0 Å². The second kappa shape index (κ2) is 8.06. The molecular weight excluding hydrogens is 419 g/mol. The molecule has 5 nitrogen and oxygen atoms in total. The molecule has 0 spiro atoms. The normalized spacial score (nSPS) is 15.9. The van der Waals surface area contributed by atoms with Gasteiger partial charge < -0.3 is 14.9 Å². The Morgan fingerprint density at radius 2 is 1.97 bits per heavy atom. The van der Waals surface area contributed by atoms with Crippen LogP contribution in [0.4, 0.5) is 0 Å². The van der Waals surface area contributed by atoms with E-state index in [9.17, 15) is 4.79 Å². The zero-order valence-corrected chi connectivity index (χ0v) is 17.9. The second-order valence-electron chi connectivity index (χ2n) is 7.95. The third kappa shape index (κ3) is 3.73. The quantitative estimate of drug-likeness (QED) is 0.461. The number of benzene rings is 2. The number of fused-ring (bicyclic) bond motifs is 2. The van der Waals surface area contributed by atoms with Crippen molar-refractivity contribution in [3.8, 4) is 0 Å². The molecule has 7 heteroatoms. The number of hydrogen-bond donors (Lipinski definition) is 2. The van der Waals surface area contributed by atoms with Crippen LogP contribution in [0.3, 0.4) is 0 Å². The van der Waals surface area contributed by atoms with E-state index in [1.165, 1.54) is 10.9 Å². The van der Waals surface area contributed by atoms with E-state index in [4.69, 9.17) is 28.2 Å². The summed E-state index contributed by atoms with van der Waals surface area (Å²) in [5.41, 5.74) is 2.94. The zero-order chi connectivity index (χ0) is 20.7. The fourth-order valence-electron chi connectivity index (χ4n) is 4.43. The molecule has 154 valence electrons. The first-order valence-electron chi connectivity index (χ1n) is 10.2. The van der Waals surface area contributed by atoms with Crippen molar-refractivity contribution >= 4 is 45.0 Å². The number of aromatic nitrogens is 3. The van der Waals surface area contributed by atoms with E-state index < -0.39 is 0 Å². The molecule has 3 heterocycles. The number of aromatic amines is 2. The number of piperidine rings is 1. The average Bonchev–Trinajstić information content (AvgIpc) is 3.14. The van der Waals surface area contributed by atoms with Gasteiger partial charge in [-0.3, -0.25) is 4.79 Å². The number of H-pyrrole nitrogens is 2. The maximum absolute atomic E-state index is 12.5. The SMILES string of the molecule is O=c1[nH]c(C2CCN(CCc3c[nH]c4ccc(Cl)cc34)CC2)nc2cccc(Cl)c12. The van der Waals surface area contributed by atoms with E-state index in [-0.39, 0.29) is 11.5 Å². The van der Waals surface area contributed by atoms with Gasteiger partial charge >= 0.3 is 0 Å². The molecule has 2 aromatic heterocycles. The van der Waals surface area contributed by atoms with Crippen molar-refractivity contribution in [2.45, 2.75) is 25.2 Å². The molecule has 0 bridgehead atoms. The standard InChI is InChI=1S/C23H22Cl2N4O/c24-16-4-5-19-17(12-16)15(13-26-19)8-11-29-9-6-14(7-10-29)22-27-20-3-1-2-18(25)21(20)23(30)28-22/h1-5,12-14,26H,6-11H2,(H,27,28,30). The Labute approximate surface area is 184 Å². The molecular formula is C23H22Cl2N4O. The van der Waals surface area contributed by atoms with E-state index in [1.807, 2.05) is 30.3 Å². The lowest BCUT2D eigenvalue weighted by atomic mass is 9.95. The molecule has 4 aromatic rings. The Balaban J connectivity index is 1.25. The van der Waals surface area contributed by atoms with Gasteiger partial charge in [0.05, 0.1) is 15.9 Å². The van der Waals surface area contributed by atoms with Gasteiger partial charge in [-0.2, -0.15) is 0 Å². The van der Waals surface area contributed by atoms with Crippen molar-refractivity contribution in [2.24, 2.45) is 0 Å². The summed E-state index contributed by atoms with van der Waals surface area (Å²) in [7, 11) is 0. The number of nitrogens with zero attached hydrogens (tertiary/aromatic N) is 2. The largest absolute Gasteiger partial charge is 0.361 e. The molecule has 5 rings (SSSR count). The van der Waals surface area contributed by atoms with Crippen LogP contribution in [0.2, 0.25) is 10.0 Å². The molecule has 1 aliphatic heterocycles. The first-order chi connectivity index (χ1) is 14.6. The van der Waals surface area contributed by atoms with Crippen molar-refractivity contribution < 1.29 is 0 Å². The van der Waals surface area contributed by atoms with Gasteiger partial charge in [-0.25, -0.2) is 4.98 Å². The number of rotatable bonds is 4. The predicted octanol–water partition coefficient (Wildman–Crippen LogP) is 5.13. The van der Waals surface area contributed by atoms with Gasteiger partial charge in [-0.05, 0) is 68.2 Å². The maximum Gasteiger partial charge on any atom is 0.260 e. The first-order valence-corrected chi connectivity index (χ1v) is 11.0. The maximum atomic E-state index is 12.5. The van der Waals surface area contributed by atoms with Crippen molar-refractivity contribution in [1.29, 1.82) is 0 Å². The highest BCUT2D eigenvalue weighted by Crippen LogP contribution is 2.28. The van der Waals surface area contributed by atoms with E-state index in [2.05, 4.69) is 21.1 Å². The lowest BCUT2D eigenvalue weighted by Gasteiger charge is -2.31. The predicted molar refractivity (Wildman–Crippen MR) is 123 cm³/mol. The molecule has 2 aromatic carbocycles. The first kappa shape index (κ1) is 19.6. The highest BCUT2D eigenvalue weighted by Gasteiger charge is 2.23. The third-order valence-electron chi connectivity index (χ3n) is 6.10. The minimum absolute atomic E-state index is 0.152. The molecule has 0 atom stereocenters. The second-order valence-corrected chi connectivity index (χ2v) is 8.80. The summed E-state index contributed by atoms with van der Waals surface area (Å²) in [5, 5.41) is 2.89. The summed E-state index contributed by atoms with van der Waals surface area (Å²) in [4.78, 5) is 26.0. The summed E-state index contributed by atoms with van der Waals surface area (Å²) in [6.45, 7) is 2.99. The van der Waals surface area contributed by atoms with Gasteiger partial charge in [-0.15, -0.1) is 0 Å². The Kier molecular flexibility index (Phi) is 5.27. The van der Waals surface area contributed by atoms with Crippen molar-refractivity contribution in [3.05, 3.63) is 74.4 Å². The number of hydrogen-bond acceptors (Lipinski definition) is 3. The number of likely N-dealkylation sites (tertiary alicyclic amines) is 1. The summed E-state index contributed by atoms with van der Waals surface area (Å²) >= 11 is 12.3. The third-order valence-corrected chi connectivity index (χ3v) is 6.65. The minimum Gasteiger partial charge on any atom is -0.361 e. The smallest absolute Gasteiger partial charge is 0.260 e. The van der Waals surface area contributed by atoms with Gasteiger partial charge in [0, 0.05) is 34.6 Å². The Hall–Kier alpha value is -2.34. The molecule has 0 aliphatic carbocycles. The van der Waals surface area contributed by atoms with Crippen LogP contribution < -0.4 is 5.56 Å². The summed E-state index contributed by atoms with van der Waals surface area (Å²) < 4.78 is 0. The highest BCUT2D eigenvalue weighted by molar-refractivity contribution is 6.35. The van der Waals surface area contributed by atoms with Crippen LogP contribution in [-0.4, -0.2) is 39.5 Å². The fourth-order valence-corrected chi connectivity index (χ4v) is 4.85. The van der Waals surface area contributed by atoms with Gasteiger partial charge in [-0.1, -0.05) is 29.3 Å². The Morgan fingerprint density at radius 3 is 2.80 bits per heavy atom. The zero-order valence-electron chi connectivity index (χ0n) is 16.4. The van der Waals surface area contributed by atoms with Crippen molar-refractivity contribution in [3.63, 3.8) is 0 Å². The summed E-state index contributed by atoms with van der Waals surface area (Å²) in [5.74, 6) is 1.05. The lowest BCUT2D eigenvalue weighted by Crippen LogP contribution is -2.35. The van der Waals surface area contributed by atoms with Crippen LogP contribution in [-0.2, 0) is 6.42 Å². The summed E-state index contributed by atoms with van der Waals surface area (Å²) in [6.07, 6.45) is 5.03. The van der Waals surface area contributed by atoms with Crippen molar-refractivity contribution in [1.82, 2.24) is 19.9 Å². The van der Waals surface area contributed by atoms with Crippen LogP contribution >= 0.6 is 23.2 Å². The van der Waals surface area contributed by atoms with Gasteiger partial charge in [0.2, 0.25) is 0 Å². The van der Waals surface area contributed by atoms with Crippen LogP contribution in [0.5, 0.6) is 0 Å². The topological polar surface area (TPSA) is 64.8 Å². The minimum atomic E-state index is -0.152. The molecule has 30 heavy (non-hydrogen) atoms. The van der Waals surface area contributed by atoms with Gasteiger partial charge in [0.1, 0.15) is 5.82 Å². The lowest BCUT2D eigenvalue weighted by molar-refractivity contribution is 0.211. The summed E-state index contributed by atoms with van der Waals surface area (Å²) in [6, 6.07) is 11.4. The van der Waals surface area contributed by atoms with Crippen molar-refractivity contribution in [2.75, 3.05) is 19.6 Å². The molecule has 0 unspecified atom stereocenters. The molecule has 1 fully saturated rings. The van der Waals surface area contributed by atoms with Gasteiger partial charge in [0.25, 0.3) is 5.56 Å². The fraction of sp³-hybridized carbons (Fsp3) is 0.304. The van der Waals surface area contributed by atoms with E-state index >= 15 is 0 Å².